The zero-order chi connectivity index (χ0) is 10.0. The van der Waals surface area contributed by atoms with E-state index in [0.717, 1.165) is 15.6 Å². The van der Waals surface area contributed by atoms with Crippen LogP contribution in [0.2, 0.25) is 0 Å². The monoisotopic (exact) mass is 198 g/mol. The van der Waals surface area contributed by atoms with Gasteiger partial charge < -0.3 is 11.5 Å². The molecule has 4 nitrogen and oxygen atoms in total. The molecule has 0 aliphatic rings. The molecule has 72 valence electrons. The van der Waals surface area contributed by atoms with Crippen LogP contribution in [0.15, 0.2) is 4.99 Å². The highest BCUT2D eigenvalue weighted by Gasteiger charge is 2.11. The molecule has 1 unspecified atom stereocenters. The molecule has 0 aromatic carbocycles. The van der Waals surface area contributed by atoms with E-state index in [-0.39, 0.29) is 12.0 Å². The molecule has 0 saturated carbocycles. The molecule has 0 spiro atoms. The molecule has 1 aromatic rings. The van der Waals surface area contributed by atoms with Crippen LogP contribution >= 0.6 is 11.3 Å². The fraction of sp³-hybridized carbons (Fsp3) is 0.500. The molecule has 1 rings (SSSR count). The maximum absolute atomic E-state index is 5.30. The third-order valence-corrected chi connectivity index (χ3v) is 2.90. The van der Waals surface area contributed by atoms with E-state index in [9.17, 15) is 0 Å². The molecule has 0 fully saturated rings. The molecule has 1 heterocycles. The molecule has 0 radical (unpaired) electrons. The first-order valence-electron chi connectivity index (χ1n) is 4.03. The van der Waals surface area contributed by atoms with Crippen molar-refractivity contribution < 1.29 is 0 Å². The highest BCUT2D eigenvalue weighted by atomic mass is 32.1. The molecule has 1 aromatic heterocycles. The molecule has 0 aliphatic heterocycles. The van der Waals surface area contributed by atoms with E-state index < -0.39 is 0 Å². The van der Waals surface area contributed by atoms with Crippen LogP contribution in [-0.4, -0.2) is 10.9 Å². The van der Waals surface area contributed by atoms with Gasteiger partial charge >= 0.3 is 0 Å². The van der Waals surface area contributed by atoms with E-state index in [0.29, 0.717) is 0 Å². The summed E-state index contributed by atoms with van der Waals surface area (Å²) in [6.45, 7) is 5.90. The molecule has 1 atom stereocenters. The van der Waals surface area contributed by atoms with Crippen LogP contribution in [0, 0.1) is 13.8 Å². The lowest BCUT2D eigenvalue weighted by Gasteiger charge is -2.03. The summed E-state index contributed by atoms with van der Waals surface area (Å²) >= 11 is 1.64. The van der Waals surface area contributed by atoms with E-state index in [1.54, 1.807) is 11.3 Å². The van der Waals surface area contributed by atoms with Gasteiger partial charge in [-0.05, 0) is 20.8 Å². The van der Waals surface area contributed by atoms with Crippen molar-refractivity contribution in [3.05, 3.63) is 15.6 Å². The van der Waals surface area contributed by atoms with Crippen molar-refractivity contribution in [1.82, 2.24) is 4.98 Å². The van der Waals surface area contributed by atoms with E-state index >= 15 is 0 Å². The summed E-state index contributed by atoms with van der Waals surface area (Å²) < 4.78 is 0. The number of hydrogen-bond acceptors (Lipinski definition) is 3. The van der Waals surface area contributed by atoms with Crippen LogP contribution in [0.5, 0.6) is 0 Å². The average Bonchev–Trinajstić information content (AvgIpc) is 2.28. The zero-order valence-electron chi connectivity index (χ0n) is 8.03. The Kier molecular flexibility index (Phi) is 2.87. The lowest BCUT2D eigenvalue weighted by atomic mass is 10.2. The number of thiazole rings is 1. The minimum Gasteiger partial charge on any atom is -0.370 e. The van der Waals surface area contributed by atoms with Crippen LogP contribution in [0.4, 0.5) is 0 Å². The van der Waals surface area contributed by atoms with Gasteiger partial charge in [-0.25, -0.2) is 9.98 Å². The van der Waals surface area contributed by atoms with Gasteiger partial charge in [0.2, 0.25) is 0 Å². The number of hydrogen-bond donors (Lipinski definition) is 2. The number of nitrogens with zero attached hydrogens (tertiary/aromatic N) is 2. The van der Waals surface area contributed by atoms with Gasteiger partial charge in [-0.2, -0.15) is 0 Å². The number of rotatable bonds is 2. The fourth-order valence-electron chi connectivity index (χ4n) is 1.22. The molecule has 0 aliphatic carbocycles. The molecular formula is C8H14N4S. The Morgan fingerprint density at radius 1 is 1.46 bits per heavy atom. The third-order valence-electron chi connectivity index (χ3n) is 1.66. The lowest BCUT2D eigenvalue weighted by Crippen LogP contribution is -2.23. The van der Waals surface area contributed by atoms with Crippen molar-refractivity contribution >= 4 is 17.3 Å². The quantitative estimate of drug-likeness (QED) is 0.551. The van der Waals surface area contributed by atoms with Crippen molar-refractivity contribution in [2.45, 2.75) is 26.8 Å². The number of nitrogens with two attached hydrogens (primary N) is 2. The molecule has 0 saturated heterocycles. The number of aromatic nitrogens is 1. The largest absolute Gasteiger partial charge is 0.370 e. The highest BCUT2D eigenvalue weighted by Crippen LogP contribution is 2.26. The van der Waals surface area contributed by atoms with Crippen LogP contribution in [0.3, 0.4) is 0 Å². The van der Waals surface area contributed by atoms with Crippen molar-refractivity contribution in [2.75, 3.05) is 0 Å². The van der Waals surface area contributed by atoms with E-state index in [1.807, 2.05) is 20.8 Å². The van der Waals surface area contributed by atoms with Gasteiger partial charge in [-0.1, -0.05) is 0 Å². The van der Waals surface area contributed by atoms with Gasteiger partial charge in [0.25, 0.3) is 0 Å². The third kappa shape index (κ3) is 2.42. The van der Waals surface area contributed by atoms with Crippen molar-refractivity contribution in [1.29, 1.82) is 0 Å². The molecule has 0 amide bonds. The van der Waals surface area contributed by atoms with Crippen LogP contribution in [0.1, 0.15) is 28.5 Å². The zero-order valence-corrected chi connectivity index (χ0v) is 8.85. The lowest BCUT2D eigenvalue weighted by molar-refractivity contribution is 0.822. The fourth-order valence-corrected chi connectivity index (χ4v) is 2.13. The minimum atomic E-state index is 0.0104. The number of guanidine groups is 1. The maximum atomic E-state index is 5.30. The van der Waals surface area contributed by atoms with Crippen molar-refractivity contribution in [3.63, 3.8) is 0 Å². The Morgan fingerprint density at radius 3 is 2.46 bits per heavy atom. The van der Waals surface area contributed by atoms with E-state index in [1.165, 1.54) is 0 Å². The summed E-state index contributed by atoms with van der Waals surface area (Å²) in [5, 5.41) is 1.05. The Hall–Kier alpha value is -1.10. The van der Waals surface area contributed by atoms with Crippen LogP contribution in [-0.2, 0) is 0 Å². The minimum absolute atomic E-state index is 0.0104. The molecule has 13 heavy (non-hydrogen) atoms. The van der Waals surface area contributed by atoms with Gasteiger partial charge in [-0.15, -0.1) is 11.3 Å². The van der Waals surface area contributed by atoms with Gasteiger partial charge in [-0.3, -0.25) is 0 Å². The standard InChI is InChI=1S/C8H14N4S/c1-4-7(13-6(3)11-4)5(2)12-8(9)10/h5H,1-3H3,(H4,9,10,12). The predicted octanol–water partition coefficient (Wildman–Crippen LogP) is 1.09. The summed E-state index contributed by atoms with van der Waals surface area (Å²) in [6, 6.07) is 0.0104. The number of aryl methyl sites for hydroxylation is 2. The average molecular weight is 198 g/mol. The predicted molar refractivity (Wildman–Crippen MR) is 55.8 cm³/mol. The summed E-state index contributed by atoms with van der Waals surface area (Å²) in [5.41, 5.74) is 11.6. The number of aliphatic imine (C=N–C) groups is 1. The SMILES string of the molecule is Cc1nc(C)c(C(C)N=C(N)N)s1. The summed E-state index contributed by atoms with van der Waals surface area (Å²) in [7, 11) is 0. The first-order valence-corrected chi connectivity index (χ1v) is 4.85. The summed E-state index contributed by atoms with van der Waals surface area (Å²) in [5.74, 6) is 0.123. The summed E-state index contributed by atoms with van der Waals surface area (Å²) in [4.78, 5) is 9.50. The van der Waals surface area contributed by atoms with Gasteiger partial charge in [0, 0.05) is 0 Å². The smallest absolute Gasteiger partial charge is 0.186 e. The first-order chi connectivity index (χ1) is 6.00. The van der Waals surface area contributed by atoms with Crippen LogP contribution < -0.4 is 11.5 Å². The Morgan fingerprint density at radius 2 is 2.08 bits per heavy atom. The molecule has 4 N–H and O–H groups in total. The normalized spacial score (nSPS) is 12.5. The van der Waals surface area contributed by atoms with E-state index in [2.05, 4.69) is 9.98 Å². The molecular weight excluding hydrogens is 184 g/mol. The molecule has 5 heteroatoms. The van der Waals surface area contributed by atoms with Crippen molar-refractivity contribution in [3.8, 4) is 0 Å². The summed E-state index contributed by atoms with van der Waals surface area (Å²) in [6.07, 6.45) is 0. The second-order valence-corrected chi connectivity index (χ2v) is 4.15. The van der Waals surface area contributed by atoms with Gasteiger partial charge in [0.15, 0.2) is 5.96 Å². The molecule has 0 bridgehead atoms. The Bertz CT molecular complexity index is 325. The van der Waals surface area contributed by atoms with Crippen LogP contribution in [0.25, 0.3) is 0 Å². The van der Waals surface area contributed by atoms with Crippen molar-refractivity contribution in [2.24, 2.45) is 16.5 Å². The maximum Gasteiger partial charge on any atom is 0.186 e. The first kappa shape index (κ1) is 9.98. The Labute approximate surface area is 81.7 Å². The second kappa shape index (κ2) is 3.74. The van der Waals surface area contributed by atoms with Gasteiger partial charge in [0.1, 0.15) is 0 Å². The second-order valence-electron chi connectivity index (χ2n) is 2.91. The Balaban J connectivity index is 2.94. The highest BCUT2D eigenvalue weighted by molar-refractivity contribution is 7.11. The topological polar surface area (TPSA) is 77.3 Å². The van der Waals surface area contributed by atoms with E-state index in [4.69, 9.17) is 11.5 Å². The van der Waals surface area contributed by atoms with Gasteiger partial charge in [0.05, 0.1) is 21.6 Å².